The first-order valence-corrected chi connectivity index (χ1v) is 32.0. The van der Waals surface area contributed by atoms with Crippen LogP contribution in [0.25, 0.3) is 179 Å². The van der Waals surface area contributed by atoms with Crippen LogP contribution in [0.1, 0.15) is 22.3 Å². The van der Waals surface area contributed by atoms with Gasteiger partial charge in [0, 0.05) is 60.1 Å². The first-order chi connectivity index (χ1) is 51.8. The highest BCUT2D eigenvalue weighted by Crippen LogP contribution is 2.47. The van der Waals surface area contributed by atoms with E-state index >= 15 is 8.78 Å². The minimum atomic E-state index is -1.81. The number of aromatic nitrogens is 6. The van der Waals surface area contributed by atoms with Crippen LogP contribution in [0.2, 0.25) is 0 Å². The molecule has 0 saturated heterocycles. The largest absolute Gasteiger partial charge is 0.255 e. The zero-order chi connectivity index (χ0) is 73.4. The second kappa shape index (κ2) is 27.1. The summed E-state index contributed by atoms with van der Waals surface area (Å²) >= 11 is 0. The molecule has 106 heavy (non-hydrogen) atoms. The van der Waals surface area contributed by atoms with Crippen molar-refractivity contribution >= 4 is 93.9 Å². The van der Waals surface area contributed by atoms with Crippen molar-refractivity contribution in [1.82, 2.24) is 29.9 Å². The van der Waals surface area contributed by atoms with E-state index in [1.807, 2.05) is 91.0 Å². The van der Waals surface area contributed by atoms with Crippen LogP contribution in [0.3, 0.4) is 0 Å². The fourth-order valence-corrected chi connectivity index (χ4v) is 13.0. The third kappa shape index (κ3) is 11.5. The monoisotopic (exact) mass is 1370 g/mol. The summed E-state index contributed by atoms with van der Waals surface area (Å²) in [5, 5.41) is 41.7. The standard InChI is InChI=1S/C44H20N8.C43H17F4N7/c1-47-33-17-15-29(16-18-33)41-42(28-13-11-26(24-45)12-14-28)52-44-39-35-9-4-5-10-37(35)50-40(36(39)23-38(49-3)43(44)51-41)31-8-6-7-30(21-31)32-19-27(25-46)20-34(22-32)48-2;1-50-27-16-14-24(15-17-27)40-41(23-12-10-22(20-48)11-13-23)54-43-34-28-8-3-4-9-31(28)52-39(29(34)19-32(51-2)42(43)53-40)26-7-5-6-25(18-26)33-37(46)35(44)30(21-49)36(45)38(33)47/h4-23H;3-19H. The van der Waals surface area contributed by atoms with Gasteiger partial charge in [0.25, 0.3) is 0 Å². The third-order valence-corrected chi connectivity index (χ3v) is 18.0. The number of nitriles is 4. The molecule has 0 aliphatic carbocycles. The van der Waals surface area contributed by atoms with Gasteiger partial charge in [0.15, 0.2) is 40.3 Å². The predicted molar refractivity (Wildman–Crippen MR) is 398 cm³/mol. The summed E-state index contributed by atoms with van der Waals surface area (Å²) in [7, 11) is 0. The van der Waals surface area contributed by atoms with Gasteiger partial charge in [0.05, 0.1) is 135 Å². The van der Waals surface area contributed by atoms with Gasteiger partial charge in [-0.3, -0.25) is 9.97 Å². The van der Waals surface area contributed by atoms with Crippen molar-refractivity contribution < 1.29 is 17.6 Å². The van der Waals surface area contributed by atoms with E-state index in [0.29, 0.717) is 123 Å². The second-order valence-electron chi connectivity index (χ2n) is 24.0. The molecule has 0 spiro atoms. The van der Waals surface area contributed by atoms with Gasteiger partial charge in [0.2, 0.25) is 11.4 Å². The molecule has 15 nitrogen and oxygen atoms in total. The van der Waals surface area contributed by atoms with Gasteiger partial charge in [0.1, 0.15) is 11.6 Å². The molecular weight excluding hydrogens is 1330 g/mol. The van der Waals surface area contributed by atoms with Crippen molar-refractivity contribution in [2.24, 2.45) is 0 Å². The average Bonchev–Trinajstić information content (AvgIpc) is 0.726. The first-order valence-electron chi connectivity index (χ1n) is 32.0. The number of pyridine rings is 2. The van der Waals surface area contributed by atoms with E-state index in [9.17, 15) is 24.6 Å². The van der Waals surface area contributed by atoms with E-state index < -0.39 is 34.4 Å². The summed E-state index contributed by atoms with van der Waals surface area (Å²) in [5.74, 6) is -7.05. The number of hydrogen-bond donors (Lipinski definition) is 0. The molecular formula is C87H37F4N15. The van der Waals surface area contributed by atoms with Crippen LogP contribution in [0, 0.1) is 101 Å². The Labute approximate surface area is 600 Å². The topological polar surface area (TPSA) is 194 Å². The maximum atomic E-state index is 15.2. The molecule has 0 saturated carbocycles. The fourth-order valence-electron chi connectivity index (χ4n) is 13.0. The van der Waals surface area contributed by atoms with E-state index in [4.69, 9.17) is 68.0 Å². The predicted octanol–water partition coefficient (Wildman–Crippen LogP) is 22.8. The van der Waals surface area contributed by atoms with Crippen molar-refractivity contribution in [2.75, 3.05) is 0 Å². The summed E-state index contributed by atoms with van der Waals surface area (Å²) in [6.45, 7) is 38.8. The maximum absolute atomic E-state index is 15.2. The second-order valence-corrected chi connectivity index (χ2v) is 24.0. The van der Waals surface area contributed by atoms with Crippen LogP contribution in [0.5, 0.6) is 0 Å². The van der Waals surface area contributed by atoms with Crippen LogP contribution in [-0.4, -0.2) is 29.9 Å². The summed E-state index contributed by atoms with van der Waals surface area (Å²) < 4.78 is 59.9. The Balaban J connectivity index is 0.000000170. The number of hydrogen-bond acceptors (Lipinski definition) is 10. The average molecular weight is 1370 g/mol. The SMILES string of the molecule is [C-]#[N+]c1ccc(-c2nc3c([N+]#[C-])cc4c(-c5cccc(-c6c(F)c(F)c(C#N)c(F)c6F)c5)nc5ccccc5c4c3nc2-c2ccc(C#N)cc2)cc1.[C-]#[N+]c1ccc(-c2nc3c([N+]#[C-])cc4c(-c5cccc(-c6cc(C#N)cc([N+]#[C-])c6)c5)nc5ccccc5c4c3nc2-c2ccc(C#N)cc2)cc1. The third-order valence-electron chi connectivity index (χ3n) is 18.0. The number of halogens is 4. The van der Waals surface area contributed by atoms with E-state index in [1.54, 1.807) is 115 Å². The van der Waals surface area contributed by atoms with E-state index in [1.165, 1.54) is 18.2 Å². The van der Waals surface area contributed by atoms with Gasteiger partial charge in [-0.1, -0.05) is 146 Å². The highest BCUT2D eigenvalue weighted by atomic mass is 19.2. The number of benzene rings is 12. The van der Waals surface area contributed by atoms with E-state index in [2.05, 4.69) is 42.4 Å². The van der Waals surface area contributed by atoms with Crippen LogP contribution in [0.4, 0.5) is 46.0 Å². The number of fused-ring (bicyclic) bond motifs is 10. The van der Waals surface area contributed by atoms with Crippen molar-refractivity contribution in [3.05, 3.63) is 327 Å². The van der Waals surface area contributed by atoms with Gasteiger partial charge < -0.3 is 0 Å². The van der Waals surface area contributed by atoms with Gasteiger partial charge >= 0.3 is 0 Å². The van der Waals surface area contributed by atoms with E-state index in [-0.39, 0.29) is 22.5 Å². The smallest absolute Gasteiger partial charge is 0.215 e. The normalized spacial score (nSPS) is 10.7. The molecule has 12 aromatic carbocycles. The van der Waals surface area contributed by atoms with E-state index in [0.717, 1.165) is 55.6 Å². The van der Waals surface area contributed by atoms with Crippen molar-refractivity contribution in [3.63, 3.8) is 0 Å². The lowest BCUT2D eigenvalue weighted by molar-refractivity contribution is 0.454. The summed E-state index contributed by atoms with van der Waals surface area (Å²) in [5.41, 5.74) is 11.6. The molecule has 0 fully saturated rings. The Hall–Kier alpha value is -16.2. The molecule has 488 valence electrons. The molecule has 0 amide bonds. The molecule has 0 atom stereocenters. The molecule has 0 aliphatic rings. The Morgan fingerprint density at radius 3 is 1.07 bits per heavy atom. The molecule has 16 rings (SSSR count). The zero-order valence-corrected chi connectivity index (χ0v) is 54.6. The van der Waals surface area contributed by atoms with Crippen LogP contribution in [0.15, 0.2) is 224 Å². The zero-order valence-electron chi connectivity index (χ0n) is 54.6. The molecule has 4 heterocycles. The molecule has 0 unspecified atom stereocenters. The van der Waals surface area contributed by atoms with Gasteiger partial charge in [-0.2, -0.15) is 21.0 Å². The Morgan fingerprint density at radius 1 is 0.274 bits per heavy atom. The number of rotatable bonds is 8. The summed E-state index contributed by atoms with van der Waals surface area (Å²) in [6.07, 6.45) is 0. The van der Waals surface area contributed by atoms with Gasteiger partial charge in [-0.05, 0) is 107 Å². The van der Waals surface area contributed by atoms with Crippen molar-refractivity contribution in [2.45, 2.75) is 0 Å². The highest BCUT2D eigenvalue weighted by molar-refractivity contribution is 6.25. The van der Waals surface area contributed by atoms with Crippen LogP contribution >= 0.6 is 0 Å². The summed E-state index contributed by atoms with van der Waals surface area (Å²) in [4.78, 5) is 49.0. The molecule has 19 heteroatoms. The Morgan fingerprint density at radius 2 is 0.660 bits per heavy atom. The lowest BCUT2D eigenvalue weighted by Crippen LogP contribution is -2.04. The Kier molecular flexibility index (Phi) is 16.8. The molecule has 16 aromatic rings. The fraction of sp³-hybridized carbons (Fsp3) is 0. The molecule has 0 aliphatic heterocycles. The first kappa shape index (κ1) is 65.7. The lowest BCUT2D eigenvalue weighted by atomic mass is 9.94. The quantitative estimate of drug-likeness (QED) is 0.0611. The highest BCUT2D eigenvalue weighted by Gasteiger charge is 2.29. The molecule has 0 bridgehead atoms. The molecule has 0 radical (unpaired) electrons. The summed E-state index contributed by atoms with van der Waals surface area (Å²) in [6, 6.07) is 72.4. The van der Waals surface area contributed by atoms with Crippen LogP contribution in [-0.2, 0) is 0 Å². The lowest BCUT2D eigenvalue weighted by Gasteiger charge is -2.17. The Bertz CT molecular complexity index is 6860. The minimum Gasteiger partial charge on any atom is -0.255 e. The molecule has 0 N–H and O–H groups in total. The van der Waals surface area contributed by atoms with Gasteiger partial charge in [-0.15, -0.1) is 0 Å². The number of nitrogens with zero attached hydrogens (tertiary/aromatic N) is 15. The van der Waals surface area contributed by atoms with Crippen molar-refractivity contribution in [3.8, 4) is 114 Å². The van der Waals surface area contributed by atoms with Crippen LogP contribution < -0.4 is 0 Å². The van der Waals surface area contributed by atoms with Crippen molar-refractivity contribution in [1.29, 1.82) is 21.0 Å². The minimum absolute atomic E-state index is 0.123. The van der Waals surface area contributed by atoms with Gasteiger partial charge in [-0.25, -0.2) is 61.7 Å². The molecule has 4 aromatic heterocycles. The number of para-hydroxylation sites is 2. The maximum Gasteiger partial charge on any atom is 0.215 e.